The van der Waals surface area contributed by atoms with Crippen molar-refractivity contribution < 1.29 is 4.39 Å². The van der Waals surface area contributed by atoms with Crippen LogP contribution in [0.4, 0.5) is 4.39 Å². The van der Waals surface area contributed by atoms with Gasteiger partial charge >= 0.3 is 0 Å². The van der Waals surface area contributed by atoms with Crippen molar-refractivity contribution in [2.45, 2.75) is 32.0 Å². The zero-order chi connectivity index (χ0) is 17.1. The fraction of sp³-hybridized carbons (Fsp3) is 0.316. The van der Waals surface area contributed by atoms with Gasteiger partial charge in [-0.25, -0.2) is 4.39 Å². The fourth-order valence-electron chi connectivity index (χ4n) is 3.13. The molecule has 124 valence electrons. The van der Waals surface area contributed by atoms with Gasteiger partial charge in [0.15, 0.2) is 0 Å². The van der Waals surface area contributed by atoms with Crippen LogP contribution in [-0.2, 0) is 6.54 Å². The van der Waals surface area contributed by atoms with E-state index in [1.807, 2.05) is 24.3 Å². The Morgan fingerprint density at radius 2 is 2.12 bits per heavy atom. The summed E-state index contributed by atoms with van der Waals surface area (Å²) in [6.07, 6.45) is 3.37. The first-order valence-electron chi connectivity index (χ1n) is 8.07. The number of likely N-dealkylation sites (tertiary alicyclic amines) is 1. The van der Waals surface area contributed by atoms with E-state index in [0.29, 0.717) is 17.1 Å². The Labute approximate surface area is 146 Å². The third-order valence-corrected chi connectivity index (χ3v) is 4.96. The predicted octanol–water partition coefficient (Wildman–Crippen LogP) is 4.29. The van der Waals surface area contributed by atoms with Gasteiger partial charge in [-0.1, -0.05) is 35.9 Å². The average Bonchev–Trinajstić information content (AvgIpc) is 2.58. The van der Waals surface area contributed by atoms with Gasteiger partial charge < -0.3 is 5.73 Å². The third kappa shape index (κ3) is 3.44. The number of hydrogen-bond acceptors (Lipinski definition) is 3. The molecule has 1 atom stereocenters. The number of nitrogens with zero attached hydrogens (tertiary/aromatic N) is 2. The molecule has 0 amide bonds. The van der Waals surface area contributed by atoms with Gasteiger partial charge in [0.25, 0.3) is 0 Å². The van der Waals surface area contributed by atoms with Crippen molar-refractivity contribution in [2.24, 2.45) is 5.73 Å². The molecule has 0 radical (unpaired) electrons. The molecule has 5 heteroatoms. The van der Waals surface area contributed by atoms with Gasteiger partial charge in [0, 0.05) is 12.1 Å². The van der Waals surface area contributed by atoms with Crippen LogP contribution >= 0.6 is 11.6 Å². The molecule has 3 rings (SSSR count). The highest BCUT2D eigenvalue weighted by molar-refractivity contribution is 6.34. The summed E-state index contributed by atoms with van der Waals surface area (Å²) in [5, 5.41) is 9.46. The highest BCUT2D eigenvalue weighted by Crippen LogP contribution is 2.33. The molecule has 2 aromatic carbocycles. The van der Waals surface area contributed by atoms with Gasteiger partial charge in [-0.3, -0.25) is 4.90 Å². The molecule has 1 aliphatic rings. The van der Waals surface area contributed by atoms with Crippen molar-refractivity contribution >= 4 is 11.6 Å². The molecule has 1 fully saturated rings. The maximum Gasteiger partial charge on any atom is 0.141 e. The van der Waals surface area contributed by atoms with Crippen molar-refractivity contribution in [3.05, 3.63) is 58.4 Å². The molecule has 0 aromatic heterocycles. The first kappa shape index (κ1) is 16.9. The molecular formula is C19H19ClFN3. The third-order valence-electron chi connectivity index (χ3n) is 4.52. The Morgan fingerprint density at radius 1 is 1.29 bits per heavy atom. The lowest BCUT2D eigenvalue weighted by atomic mass is 10.0. The number of rotatable bonds is 3. The molecule has 0 spiro atoms. The monoisotopic (exact) mass is 343 g/mol. The van der Waals surface area contributed by atoms with E-state index in [1.165, 1.54) is 12.1 Å². The SMILES string of the molecule is N#Cc1ccc(-c2cccc(CN3CCCCC3N)c2Cl)cc1F. The minimum Gasteiger partial charge on any atom is -0.316 e. The van der Waals surface area contributed by atoms with Crippen LogP contribution in [0.1, 0.15) is 30.4 Å². The van der Waals surface area contributed by atoms with E-state index >= 15 is 0 Å². The largest absolute Gasteiger partial charge is 0.316 e. The lowest BCUT2D eigenvalue weighted by Crippen LogP contribution is -2.44. The predicted molar refractivity (Wildman–Crippen MR) is 93.8 cm³/mol. The lowest BCUT2D eigenvalue weighted by Gasteiger charge is -2.33. The van der Waals surface area contributed by atoms with E-state index in [2.05, 4.69) is 4.90 Å². The number of benzene rings is 2. The van der Waals surface area contributed by atoms with Crippen LogP contribution in [0.3, 0.4) is 0 Å². The van der Waals surface area contributed by atoms with Gasteiger partial charge in [-0.15, -0.1) is 0 Å². The summed E-state index contributed by atoms with van der Waals surface area (Å²) >= 11 is 6.58. The van der Waals surface area contributed by atoms with Crippen LogP contribution in [0.5, 0.6) is 0 Å². The first-order chi connectivity index (χ1) is 11.6. The molecular weight excluding hydrogens is 325 g/mol. The maximum atomic E-state index is 13.9. The molecule has 1 aliphatic heterocycles. The summed E-state index contributed by atoms with van der Waals surface area (Å²) in [5.41, 5.74) is 8.63. The Hall–Kier alpha value is -1.93. The summed E-state index contributed by atoms with van der Waals surface area (Å²) in [5.74, 6) is -0.533. The van der Waals surface area contributed by atoms with Crippen LogP contribution in [0.15, 0.2) is 36.4 Å². The van der Waals surface area contributed by atoms with E-state index in [4.69, 9.17) is 22.6 Å². The van der Waals surface area contributed by atoms with Gasteiger partial charge in [-0.2, -0.15) is 5.26 Å². The Morgan fingerprint density at radius 3 is 2.83 bits per heavy atom. The van der Waals surface area contributed by atoms with E-state index in [0.717, 1.165) is 36.9 Å². The normalized spacial score (nSPS) is 18.3. The number of nitrogens with two attached hydrogens (primary N) is 1. The smallest absolute Gasteiger partial charge is 0.141 e. The van der Waals surface area contributed by atoms with E-state index in [-0.39, 0.29) is 11.7 Å². The molecule has 2 aromatic rings. The van der Waals surface area contributed by atoms with E-state index < -0.39 is 5.82 Å². The molecule has 0 bridgehead atoms. The number of piperidine rings is 1. The quantitative estimate of drug-likeness (QED) is 0.904. The van der Waals surface area contributed by atoms with Crippen molar-refractivity contribution in [1.82, 2.24) is 4.90 Å². The van der Waals surface area contributed by atoms with Crippen molar-refractivity contribution in [3.8, 4) is 17.2 Å². The zero-order valence-electron chi connectivity index (χ0n) is 13.3. The number of halogens is 2. The van der Waals surface area contributed by atoms with Crippen LogP contribution in [-0.4, -0.2) is 17.6 Å². The fourth-order valence-corrected chi connectivity index (χ4v) is 3.42. The average molecular weight is 344 g/mol. The Kier molecular flexibility index (Phi) is 5.15. The topological polar surface area (TPSA) is 53.0 Å². The molecule has 1 heterocycles. The molecule has 1 unspecified atom stereocenters. The summed E-state index contributed by atoms with van der Waals surface area (Å²) in [4.78, 5) is 2.23. The highest BCUT2D eigenvalue weighted by atomic mass is 35.5. The van der Waals surface area contributed by atoms with Crippen LogP contribution in [0.25, 0.3) is 11.1 Å². The molecule has 1 saturated heterocycles. The standard InChI is InChI=1S/C19H19ClFN3/c20-19-15(12-24-9-2-1-6-18(24)23)4-3-5-16(19)13-7-8-14(11-22)17(21)10-13/h3-5,7-8,10,18H,1-2,6,9,12,23H2. The second kappa shape index (κ2) is 7.31. The highest BCUT2D eigenvalue weighted by Gasteiger charge is 2.20. The minimum absolute atomic E-state index is 0.0327. The summed E-state index contributed by atoms with van der Waals surface area (Å²) in [6.45, 7) is 1.65. The van der Waals surface area contributed by atoms with Crippen LogP contribution < -0.4 is 5.73 Å². The molecule has 24 heavy (non-hydrogen) atoms. The van der Waals surface area contributed by atoms with Crippen molar-refractivity contribution in [1.29, 1.82) is 5.26 Å². The van der Waals surface area contributed by atoms with Crippen LogP contribution in [0.2, 0.25) is 5.02 Å². The first-order valence-corrected chi connectivity index (χ1v) is 8.45. The van der Waals surface area contributed by atoms with Crippen molar-refractivity contribution in [3.63, 3.8) is 0 Å². The number of hydrogen-bond donors (Lipinski definition) is 1. The van der Waals surface area contributed by atoms with E-state index in [1.54, 1.807) is 6.07 Å². The van der Waals surface area contributed by atoms with Gasteiger partial charge in [-0.05, 0) is 49.1 Å². The summed E-state index contributed by atoms with van der Waals surface area (Å²) < 4.78 is 13.9. The number of nitriles is 1. The van der Waals surface area contributed by atoms with Gasteiger partial charge in [0.1, 0.15) is 11.9 Å². The Bertz CT molecular complexity index is 785. The summed E-state index contributed by atoms with van der Waals surface area (Å²) in [7, 11) is 0. The van der Waals surface area contributed by atoms with Crippen molar-refractivity contribution in [2.75, 3.05) is 6.54 Å². The van der Waals surface area contributed by atoms with Gasteiger partial charge in [0.05, 0.1) is 16.8 Å². The Balaban J connectivity index is 1.91. The lowest BCUT2D eigenvalue weighted by molar-refractivity contribution is 0.144. The molecule has 3 nitrogen and oxygen atoms in total. The molecule has 0 saturated carbocycles. The van der Waals surface area contributed by atoms with Gasteiger partial charge in [0.2, 0.25) is 0 Å². The van der Waals surface area contributed by atoms with Crippen LogP contribution in [0, 0.1) is 17.1 Å². The van der Waals surface area contributed by atoms with E-state index in [9.17, 15) is 4.39 Å². The summed E-state index contributed by atoms with van der Waals surface area (Å²) in [6, 6.07) is 12.2. The zero-order valence-corrected chi connectivity index (χ0v) is 14.1. The molecule has 0 aliphatic carbocycles. The minimum atomic E-state index is -0.533. The maximum absolute atomic E-state index is 13.9. The second-order valence-electron chi connectivity index (χ2n) is 6.12. The second-order valence-corrected chi connectivity index (χ2v) is 6.50. The molecule has 2 N–H and O–H groups in total.